The molecule has 1 heterocycles. The number of benzene rings is 2. The Kier molecular flexibility index (Phi) is 10.2. The number of nitrogens with one attached hydrogen (secondary N) is 1. The number of ether oxygens (including phenoxy) is 4. The van der Waals surface area contributed by atoms with Crippen LogP contribution in [0.4, 0.5) is 4.39 Å². The zero-order valence-electron chi connectivity index (χ0n) is 19.0. The summed E-state index contributed by atoms with van der Waals surface area (Å²) >= 11 is 1.49. The molecule has 1 N–H and O–H groups in total. The number of alkyl halides is 1. The molecule has 180 valence electrons. The fourth-order valence-electron chi connectivity index (χ4n) is 3.73. The molecule has 0 radical (unpaired) electrons. The van der Waals surface area contributed by atoms with Gasteiger partial charge in [-0.25, -0.2) is 0 Å². The van der Waals surface area contributed by atoms with Gasteiger partial charge in [0, 0.05) is 0 Å². The number of carbonyl (C=O) groups is 1. The number of nitrogens with zero attached hydrogens (tertiary/aromatic N) is 1. The summed E-state index contributed by atoms with van der Waals surface area (Å²) in [6.07, 6.45) is 0.922. The molecule has 7 nitrogen and oxygen atoms in total. The van der Waals surface area contributed by atoms with Crippen LogP contribution in [-0.2, 0) is 17.7 Å². The number of hydrogen-bond acceptors (Lipinski definition) is 6. The van der Waals surface area contributed by atoms with Gasteiger partial charge < -0.3 is 9.47 Å². The number of carbonyl (C=O) groups excluding carboxylic acids is 1. The second kappa shape index (κ2) is 13.1. The van der Waals surface area contributed by atoms with Gasteiger partial charge in [-0.3, -0.25) is 0 Å². The predicted octanol–water partition coefficient (Wildman–Crippen LogP) is 2.03. The molecule has 0 atom stereocenters. The average Bonchev–Trinajstić information content (AvgIpc) is 2.83. The Bertz CT molecular complexity index is 943. The van der Waals surface area contributed by atoms with Crippen LogP contribution in [0.2, 0.25) is 0 Å². The van der Waals surface area contributed by atoms with Gasteiger partial charge in [0.2, 0.25) is 0 Å². The normalized spacial score (nSPS) is 13.3. The number of methoxy groups -OCH3 is 2. The Hall–Kier alpha value is -1.96. The molecule has 0 bridgehead atoms. The third-order valence-corrected chi connectivity index (χ3v) is 6.32. The molecule has 9 heteroatoms. The van der Waals surface area contributed by atoms with Crippen molar-refractivity contribution in [1.82, 2.24) is 10.2 Å². The monoisotopic (exact) mass is 656 g/mol. The zero-order valence-corrected chi connectivity index (χ0v) is 21.9. The molecule has 0 unspecified atom stereocenters. The van der Waals surface area contributed by atoms with Crippen molar-refractivity contribution in [2.24, 2.45) is 0 Å². The summed E-state index contributed by atoms with van der Waals surface area (Å²) in [5.74, 6) is 1.82. The first kappa shape index (κ1) is 25.7. The van der Waals surface area contributed by atoms with Crippen molar-refractivity contribution in [3.8, 4) is 17.2 Å². The van der Waals surface area contributed by atoms with Gasteiger partial charge in [0.05, 0.1) is 14.2 Å². The van der Waals surface area contributed by atoms with Crippen molar-refractivity contribution >= 4 is 9.18 Å². The van der Waals surface area contributed by atoms with Gasteiger partial charge in [-0.2, -0.15) is 0 Å². The van der Waals surface area contributed by atoms with Crippen LogP contribution in [0, 0.1) is 24.7 Å². The van der Waals surface area contributed by atoms with Gasteiger partial charge in [-0.05, 0) is 0 Å². The van der Waals surface area contributed by atoms with E-state index in [-0.39, 0.29) is 25.7 Å². The van der Waals surface area contributed by atoms with Crippen LogP contribution in [0.5, 0.6) is 17.2 Å². The summed E-state index contributed by atoms with van der Waals surface area (Å²) in [5, 5.41) is 3.01. The van der Waals surface area contributed by atoms with E-state index in [1.54, 1.807) is 20.3 Å². The first-order valence-electron chi connectivity index (χ1n) is 10.9. The molecule has 0 saturated carbocycles. The molecule has 0 spiro atoms. The Morgan fingerprint density at radius 1 is 1.06 bits per heavy atom. The standard InChI is InChI=1S/C24H30AtFN2O5/c1-30-22-13-17-5-8-28(16-18(17)14-23(22)31-2)9-7-27-24(29)20-15-19(25)3-4-21(20)33-12-11-32-10-6-26/h3-4,13-15H,5-12,16H2,1-2H3,(H,27,29)/i25+1. The van der Waals surface area contributed by atoms with Crippen molar-refractivity contribution < 1.29 is 52.9 Å². The second-order valence-corrected chi connectivity index (χ2v) is 9.24. The van der Waals surface area contributed by atoms with Gasteiger partial charge in [-0.1, -0.05) is 0 Å². The zero-order chi connectivity index (χ0) is 23.6. The van der Waals surface area contributed by atoms with Crippen molar-refractivity contribution in [2.45, 2.75) is 13.0 Å². The number of rotatable bonds is 12. The average molecular weight is 656 g/mol. The van der Waals surface area contributed by atoms with Crippen molar-refractivity contribution in [1.29, 1.82) is 0 Å². The van der Waals surface area contributed by atoms with Gasteiger partial charge >= 0.3 is 180 Å². The molecule has 0 saturated heterocycles. The van der Waals surface area contributed by atoms with E-state index in [4.69, 9.17) is 18.9 Å². The van der Waals surface area contributed by atoms with Crippen LogP contribution >= 0.6 is 0 Å². The Morgan fingerprint density at radius 3 is 2.55 bits per heavy atom. The number of amides is 1. The summed E-state index contributed by atoms with van der Waals surface area (Å²) in [6.45, 7) is 3.04. The molecule has 33 heavy (non-hydrogen) atoms. The molecule has 2 aromatic rings. The van der Waals surface area contributed by atoms with Crippen LogP contribution in [0.15, 0.2) is 30.3 Å². The summed E-state index contributed by atoms with van der Waals surface area (Å²) in [4.78, 5) is 15.1. The van der Waals surface area contributed by atoms with E-state index in [2.05, 4.69) is 16.3 Å². The molecular formula is C24H30AtFN2O5. The van der Waals surface area contributed by atoms with E-state index in [1.165, 1.54) is 35.8 Å². The Balaban J connectivity index is 1.53. The summed E-state index contributed by atoms with van der Waals surface area (Å²) in [6, 6.07) is 9.63. The third-order valence-electron chi connectivity index (χ3n) is 5.40. The van der Waals surface area contributed by atoms with Gasteiger partial charge in [0.25, 0.3) is 0 Å². The molecule has 0 fully saturated rings. The Labute approximate surface area is 209 Å². The molecule has 1 aliphatic heterocycles. The summed E-state index contributed by atoms with van der Waals surface area (Å²) in [5.41, 5.74) is 2.99. The molecule has 3 rings (SSSR count). The van der Waals surface area contributed by atoms with Crippen LogP contribution in [-0.4, -0.2) is 71.2 Å². The van der Waals surface area contributed by atoms with E-state index in [0.29, 0.717) is 17.9 Å². The third kappa shape index (κ3) is 7.26. The van der Waals surface area contributed by atoms with Gasteiger partial charge in [-0.15, -0.1) is 0 Å². The first-order valence-corrected chi connectivity index (χ1v) is 12.3. The van der Waals surface area contributed by atoms with E-state index >= 15 is 0 Å². The number of fused-ring (bicyclic) bond motifs is 1. The van der Waals surface area contributed by atoms with Crippen molar-refractivity contribution in [3.05, 3.63) is 47.0 Å². The van der Waals surface area contributed by atoms with Crippen LogP contribution in [0.1, 0.15) is 21.5 Å². The minimum atomic E-state index is -0.523. The van der Waals surface area contributed by atoms with Crippen LogP contribution in [0.25, 0.3) is 0 Å². The topological polar surface area (TPSA) is 69.3 Å². The van der Waals surface area contributed by atoms with Crippen molar-refractivity contribution in [3.63, 3.8) is 0 Å². The molecule has 0 aliphatic carbocycles. The van der Waals surface area contributed by atoms with Gasteiger partial charge in [0.15, 0.2) is 5.75 Å². The van der Waals surface area contributed by atoms with Crippen LogP contribution < -0.4 is 22.8 Å². The first-order chi connectivity index (χ1) is 16.0. The quantitative estimate of drug-likeness (QED) is 0.353. The van der Waals surface area contributed by atoms with Crippen LogP contribution in [0.3, 0.4) is 0 Å². The molecule has 0 aromatic heterocycles. The molecule has 2 aromatic carbocycles. The Morgan fingerprint density at radius 2 is 1.82 bits per heavy atom. The van der Waals surface area contributed by atoms with E-state index in [0.717, 1.165) is 40.8 Å². The maximum atomic E-state index is 12.8. The SMILES string of the molecule is COc1cc2c(cc1OC)CN(CCNC(=O)c1cc([211At])ccc1OCCOCCF)CC2. The fraction of sp³-hybridized carbons (Fsp3) is 0.458. The van der Waals surface area contributed by atoms with Gasteiger partial charge in [0.1, 0.15) is 0 Å². The van der Waals surface area contributed by atoms with E-state index in [9.17, 15) is 9.18 Å². The molecule has 1 aliphatic rings. The van der Waals surface area contributed by atoms with E-state index < -0.39 is 6.67 Å². The second-order valence-electron chi connectivity index (χ2n) is 7.55. The number of halogens is 1. The fourth-order valence-corrected chi connectivity index (χ4v) is 4.40. The maximum absolute atomic E-state index is 12.8. The molecular weight excluding hydrogens is 626 g/mol. The number of hydrogen-bond donors (Lipinski definition) is 1. The minimum absolute atomic E-state index is 0.0497. The van der Waals surface area contributed by atoms with Crippen molar-refractivity contribution in [2.75, 3.05) is 60.3 Å². The van der Waals surface area contributed by atoms with E-state index in [1.807, 2.05) is 18.2 Å². The predicted molar refractivity (Wildman–Crippen MR) is 119 cm³/mol. The molecule has 1 amide bonds. The summed E-state index contributed by atoms with van der Waals surface area (Å²) in [7, 11) is 3.29. The summed E-state index contributed by atoms with van der Waals surface area (Å²) < 4.78 is 34.8.